The Morgan fingerprint density at radius 2 is 1.95 bits per heavy atom. The summed E-state index contributed by atoms with van der Waals surface area (Å²) in [5.41, 5.74) is 1.16. The van der Waals surface area contributed by atoms with E-state index in [0.717, 1.165) is 5.56 Å². The van der Waals surface area contributed by atoms with E-state index in [1.807, 2.05) is 0 Å². The molecule has 0 aromatic heterocycles. The molecule has 1 aromatic rings. The van der Waals surface area contributed by atoms with Gasteiger partial charge in [-0.1, -0.05) is 17.7 Å². The second kappa shape index (κ2) is 6.76. The largest absolute Gasteiger partial charge is 0.481 e. The quantitative estimate of drug-likeness (QED) is 0.660. The van der Waals surface area contributed by atoms with Gasteiger partial charge >= 0.3 is 18.0 Å². The van der Waals surface area contributed by atoms with Gasteiger partial charge in [-0.3, -0.25) is 4.79 Å². The van der Waals surface area contributed by atoms with E-state index in [1.54, 1.807) is 25.1 Å². The molecule has 1 atom stereocenters. The maximum atomic E-state index is 11.6. The van der Waals surface area contributed by atoms with Gasteiger partial charge in [0, 0.05) is 0 Å². The van der Waals surface area contributed by atoms with Gasteiger partial charge in [0.25, 0.3) is 0 Å². The van der Waals surface area contributed by atoms with Crippen molar-refractivity contribution in [3.63, 3.8) is 0 Å². The molecule has 0 aliphatic heterocycles. The van der Waals surface area contributed by atoms with Crippen molar-refractivity contribution >= 4 is 35.3 Å². The molecule has 2 amide bonds. The molecule has 1 rings (SSSR count). The summed E-state index contributed by atoms with van der Waals surface area (Å²) in [6, 6.07) is 2.57. The van der Waals surface area contributed by atoms with Crippen LogP contribution in [0.4, 0.5) is 10.5 Å². The molecule has 0 fully saturated rings. The first-order valence-electron chi connectivity index (χ1n) is 5.58. The highest BCUT2D eigenvalue weighted by Crippen LogP contribution is 2.22. The average molecular weight is 301 g/mol. The lowest BCUT2D eigenvalue weighted by atomic mass is 10.2. The first-order valence-corrected chi connectivity index (χ1v) is 5.95. The molecule has 8 heteroatoms. The number of hydrogen-bond acceptors (Lipinski definition) is 3. The van der Waals surface area contributed by atoms with Crippen LogP contribution in [0.3, 0.4) is 0 Å². The number of carbonyl (C=O) groups excluding carboxylic acids is 1. The average Bonchev–Trinajstić information content (AvgIpc) is 2.32. The number of carbonyl (C=O) groups is 3. The van der Waals surface area contributed by atoms with Crippen LogP contribution in [0.2, 0.25) is 5.02 Å². The fourth-order valence-corrected chi connectivity index (χ4v) is 1.59. The van der Waals surface area contributed by atoms with E-state index >= 15 is 0 Å². The van der Waals surface area contributed by atoms with Crippen molar-refractivity contribution in [2.45, 2.75) is 19.4 Å². The summed E-state index contributed by atoms with van der Waals surface area (Å²) in [7, 11) is 0. The minimum atomic E-state index is -1.52. The van der Waals surface area contributed by atoms with E-state index in [1.165, 1.54) is 0 Å². The first kappa shape index (κ1) is 15.8. The smallest absolute Gasteiger partial charge is 0.326 e. The van der Waals surface area contributed by atoms with Gasteiger partial charge in [0.2, 0.25) is 0 Å². The van der Waals surface area contributed by atoms with Crippen molar-refractivity contribution in [1.29, 1.82) is 0 Å². The van der Waals surface area contributed by atoms with E-state index < -0.39 is 30.4 Å². The van der Waals surface area contributed by atoms with Crippen LogP contribution < -0.4 is 10.6 Å². The lowest BCUT2D eigenvalue weighted by Crippen LogP contribution is -2.44. The molecule has 0 saturated heterocycles. The van der Waals surface area contributed by atoms with Crippen LogP contribution in [0.5, 0.6) is 0 Å². The van der Waals surface area contributed by atoms with Crippen LogP contribution >= 0.6 is 11.6 Å². The van der Waals surface area contributed by atoms with Crippen molar-refractivity contribution < 1.29 is 24.6 Å². The number of amides is 2. The molecule has 1 aromatic carbocycles. The highest BCUT2D eigenvalue weighted by Gasteiger charge is 2.23. The Balaban J connectivity index is 2.72. The molecule has 0 spiro atoms. The zero-order valence-corrected chi connectivity index (χ0v) is 11.3. The first-order chi connectivity index (χ1) is 9.29. The van der Waals surface area contributed by atoms with Gasteiger partial charge in [-0.25, -0.2) is 9.59 Å². The van der Waals surface area contributed by atoms with Crippen LogP contribution in [-0.4, -0.2) is 34.2 Å². The number of hydrogen-bond donors (Lipinski definition) is 4. The maximum Gasteiger partial charge on any atom is 0.326 e. The Hall–Kier alpha value is -2.28. The Labute approximate surface area is 119 Å². The van der Waals surface area contributed by atoms with Crippen molar-refractivity contribution in [2.24, 2.45) is 0 Å². The van der Waals surface area contributed by atoms with Gasteiger partial charge in [0.15, 0.2) is 0 Å². The van der Waals surface area contributed by atoms with Crippen LogP contribution in [-0.2, 0) is 9.59 Å². The number of halogens is 1. The summed E-state index contributed by atoms with van der Waals surface area (Å²) in [4.78, 5) is 32.9. The number of carboxylic acids is 2. The van der Waals surface area contributed by atoms with Gasteiger partial charge in [-0.2, -0.15) is 0 Å². The summed E-state index contributed by atoms with van der Waals surface area (Å²) >= 11 is 5.87. The molecule has 20 heavy (non-hydrogen) atoms. The monoisotopic (exact) mass is 300 g/mol. The molecular weight excluding hydrogens is 288 g/mol. The lowest BCUT2D eigenvalue weighted by molar-refractivity contribution is -0.145. The molecule has 0 aliphatic carbocycles. The van der Waals surface area contributed by atoms with Crippen LogP contribution in [0.25, 0.3) is 0 Å². The number of carboxylic acid groups (broad SMARTS) is 2. The number of anilines is 1. The predicted octanol–water partition coefficient (Wildman–Crippen LogP) is 1.70. The molecular formula is C12H13ClN2O5. The van der Waals surface area contributed by atoms with Crippen molar-refractivity contribution in [3.05, 3.63) is 28.8 Å². The molecule has 4 N–H and O–H groups in total. The van der Waals surface area contributed by atoms with E-state index in [0.29, 0.717) is 5.69 Å². The topological polar surface area (TPSA) is 116 Å². The number of benzene rings is 1. The number of aliphatic carboxylic acids is 2. The third-order valence-corrected chi connectivity index (χ3v) is 2.68. The molecule has 0 heterocycles. The standard InChI is InChI=1S/C12H13ClN2O5/c1-6-2-3-7(13)8(4-6)14-12(20)15-9(11(18)19)5-10(16)17/h2-4,9H,5H2,1H3,(H,16,17)(H,18,19)(H2,14,15,20). The zero-order chi connectivity index (χ0) is 15.3. The molecule has 7 nitrogen and oxygen atoms in total. The highest BCUT2D eigenvalue weighted by atomic mass is 35.5. The normalized spacial score (nSPS) is 11.5. The summed E-state index contributed by atoms with van der Waals surface area (Å²) in [5, 5.41) is 22.1. The van der Waals surface area contributed by atoms with Gasteiger partial charge in [-0.15, -0.1) is 0 Å². The van der Waals surface area contributed by atoms with Crippen LogP contribution in [0.1, 0.15) is 12.0 Å². The Morgan fingerprint density at radius 1 is 1.30 bits per heavy atom. The SMILES string of the molecule is Cc1ccc(Cl)c(NC(=O)NC(CC(=O)O)C(=O)O)c1. The molecule has 1 unspecified atom stereocenters. The number of aryl methyl sites for hydroxylation is 1. The Bertz CT molecular complexity index is 547. The molecule has 0 bridgehead atoms. The van der Waals surface area contributed by atoms with Gasteiger partial charge in [0.1, 0.15) is 6.04 Å². The fourth-order valence-electron chi connectivity index (χ4n) is 1.43. The summed E-state index contributed by atoms with van der Waals surface area (Å²) in [5.74, 6) is -2.76. The second-order valence-corrected chi connectivity index (χ2v) is 4.48. The summed E-state index contributed by atoms with van der Waals surface area (Å²) in [6.07, 6.45) is -0.718. The fraction of sp³-hybridized carbons (Fsp3) is 0.250. The second-order valence-electron chi connectivity index (χ2n) is 4.07. The van der Waals surface area contributed by atoms with Gasteiger partial charge in [0.05, 0.1) is 17.1 Å². The number of nitrogens with one attached hydrogen (secondary N) is 2. The zero-order valence-electron chi connectivity index (χ0n) is 10.5. The molecule has 0 saturated carbocycles. The van der Waals surface area contributed by atoms with E-state index in [4.69, 9.17) is 21.8 Å². The minimum absolute atomic E-state index is 0.288. The van der Waals surface area contributed by atoms with Crippen molar-refractivity contribution in [3.8, 4) is 0 Å². The molecule has 0 aliphatic rings. The highest BCUT2D eigenvalue weighted by molar-refractivity contribution is 6.33. The van der Waals surface area contributed by atoms with Gasteiger partial charge < -0.3 is 20.8 Å². The summed E-state index contributed by atoms with van der Waals surface area (Å²) in [6.45, 7) is 1.80. The van der Waals surface area contributed by atoms with Crippen LogP contribution in [0.15, 0.2) is 18.2 Å². The third-order valence-electron chi connectivity index (χ3n) is 2.35. The molecule has 0 radical (unpaired) electrons. The van der Waals surface area contributed by atoms with E-state index in [-0.39, 0.29) is 5.02 Å². The van der Waals surface area contributed by atoms with E-state index in [2.05, 4.69) is 10.6 Å². The summed E-state index contributed by atoms with van der Waals surface area (Å²) < 4.78 is 0. The van der Waals surface area contributed by atoms with E-state index in [9.17, 15) is 14.4 Å². The molecule has 108 valence electrons. The minimum Gasteiger partial charge on any atom is -0.481 e. The Kier molecular flexibility index (Phi) is 5.33. The van der Waals surface area contributed by atoms with Gasteiger partial charge in [-0.05, 0) is 24.6 Å². The number of urea groups is 1. The third kappa shape index (κ3) is 4.77. The van der Waals surface area contributed by atoms with Crippen molar-refractivity contribution in [2.75, 3.05) is 5.32 Å². The Morgan fingerprint density at radius 3 is 2.50 bits per heavy atom. The number of rotatable bonds is 5. The van der Waals surface area contributed by atoms with Crippen LogP contribution in [0, 0.1) is 6.92 Å². The lowest BCUT2D eigenvalue weighted by Gasteiger charge is -2.14. The maximum absolute atomic E-state index is 11.6. The predicted molar refractivity (Wildman–Crippen MR) is 72.0 cm³/mol. The van der Waals surface area contributed by atoms with Crippen molar-refractivity contribution in [1.82, 2.24) is 5.32 Å².